The minimum absolute atomic E-state index is 0. The summed E-state index contributed by atoms with van der Waals surface area (Å²) in [6.45, 7) is 57.1. The summed E-state index contributed by atoms with van der Waals surface area (Å²) in [5, 5.41) is 0. The number of aryl methyl sites for hydroxylation is 14. The Morgan fingerprint density at radius 2 is 0.468 bits per heavy atom. The zero-order valence-corrected chi connectivity index (χ0v) is 121. The molecule has 0 unspecified atom stereocenters. The summed E-state index contributed by atoms with van der Waals surface area (Å²) >= 11 is 0. The quantitative estimate of drug-likeness (QED) is 0.140. The Morgan fingerprint density at radius 1 is 0.151 bits per heavy atom. The van der Waals surface area contributed by atoms with Gasteiger partial charge in [0.1, 0.15) is 0 Å². The van der Waals surface area contributed by atoms with Crippen molar-refractivity contribution in [2.45, 2.75) is 194 Å². The molecule has 14 rings (SSSR count). The molecule has 14 aromatic carbocycles. The van der Waals surface area contributed by atoms with E-state index in [0.717, 1.165) is 100 Å². The zero-order valence-electron chi connectivity index (χ0n) is 81.3. The van der Waals surface area contributed by atoms with Crippen molar-refractivity contribution in [1.82, 2.24) is 0 Å². The van der Waals surface area contributed by atoms with E-state index in [0.29, 0.717) is 0 Å². The molecular weight excluding hydrogens is 2590 g/mol. The Kier molecular flexibility index (Phi) is 131. The van der Waals surface area contributed by atoms with Gasteiger partial charge < -0.3 is 0 Å². The van der Waals surface area contributed by atoms with Crippen molar-refractivity contribution in [3.05, 3.63) is 418 Å². The molecule has 0 fully saturated rings. The van der Waals surface area contributed by atoms with Crippen LogP contribution >= 0.6 is 0 Å². The van der Waals surface area contributed by atoms with Gasteiger partial charge in [-0.05, 0) is 0 Å². The van der Waals surface area contributed by atoms with Gasteiger partial charge in [0.25, 0.3) is 0 Å². The first kappa shape index (κ1) is 161. The first-order valence-corrected chi connectivity index (χ1v) is 40.1. The molecule has 14 heteroatoms. The van der Waals surface area contributed by atoms with Gasteiger partial charge in [-0.1, -0.05) is 194 Å². The van der Waals surface area contributed by atoms with Crippen molar-refractivity contribution in [3.63, 3.8) is 0 Å². The summed E-state index contributed by atoms with van der Waals surface area (Å²) in [7, 11) is 0. The van der Waals surface area contributed by atoms with Crippen LogP contribution in [0.25, 0.3) is 77.9 Å². The summed E-state index contributed by atoms with van der Waals surface area (Å²) in [5.41, 5.74) is 32.7. The van der Waals surface area contributed by atoms with E-state index >= 15 is 0 Å². The van der Waals surface area contributed by atoms with E-state index in [-0.39, 0.29) is 458 Å². The van der Waals surface area contributed by atoms with E-state index in [2.05, 4.69) is 352 Å². The molecule has 0 atom stereocenters. The van der Waals surface area contributed by atoms with Crippen LogP contribution in [0.1, 0.15) is 175 Å². The SMILES string of the molecule is CC.CC.CC.CC.CC.CC.CC.Cc1[c-]c(-c2[c-]c(C)ccc2)ccc1.Cc1[c-]c(-c2[c-]cc(C)cc2)ccc1.Cc1[c-]c(-c2[c-]ccc(C)c2)ccc1.Cc1[c-]c(-c2[c-]cccc2)c(C)cc1.Cc1[c-]c(-c2[c-]cccc2)cc(C)c1.Cc1[c-]c(-c2[c-]cccc2C)ccc1.Cc1c[c-]c(-c2[c-]cccc2)c(C)c1.[Y].[Y].[Y].[Y].[Y].[Y].[Y].[Y].[Y].[Y].[Y].[Y].[Y].[Y]. The van der Waals surface area contributed by atoms with Gasteiger partial charge in [-0.15, -0.1) is 140 Å². The van der Waals surface area contributed by atoms with E-state index in [4.69, 9.17) is 0 Å². The van der Waals surface area contributed by atoms with Crippen LogP contribution in [0, 0.1) is 182 Å². The molecule has 0 bridgehead atoms. The molecule has 0 saturated heterocycles. The van der Waals surface area contributed by atoms with Crippen molar-refractivity contribution >= 4 is 0 Å². The van der Waals surface area contributed by atoms with Gasteiger partial charge in [-0.2, -0.15) is 278 Å². The van der Waals surface area contributed by atoms with Gasteiger partial charge in [0.2, 0.25) is 0 Å². The third kappa shape index (κ3) is 67.9. The van der Waals surface area contributed by atoms with Crippen molar-refractivity contribution < 1.29 is 458 Å². The Balaban J connectivity index is -0.0000000928. The second kappa shape index (κ2) is 102. The fourth-order valence-electron chi connectivity index (χ4n) is 10.6. The maximum Gasteiger partial charge on any atom is 0 e. The molecule has 14 aromatic rings. The number of hydrogen-bond donors (Lipinski definition) is 0. The van der Waals surface area contributed by atoms with Crippen molar-refractivity contribution in [2.24, 2.45) is 0 Å². The van der Waals surface area contributed by atoms with Crippen molar-refractivity contribution in [2.75, 3.05) is 0 Å². The normalized spacial score (nSPS) is 8.22. The predicted octanol–water partition coefficient (Wildman–Crippen LogP) is 32.1. The molecule has 0 nitrogen and oxygen atoms in total. The first-order valence-electron chi connectivity index (χ1n) is 40.1. The summed E-state index contributed by atoms with van der Waals surface area (Å²) in [6, 6.07) is 132. The van der Waals surface area contributed by atoms with Gasteiger partial charge in [0.15, 0.2) is 0 Å². The summed E-state index contributed by atoms with van der Waals surface area (Å²) in [4.78, 5) is 0. The number of rotatable bonds is 7. The second-order valence-corrected chi connectivity index (χ2v) is 24.5. The fourth-order valence-corrected chi connectivity index (χ4v) is 10.6. The van der Waals surface area contributed by atoms with Crippen LogP contribution in [0.4, 0.5) is 0 Å². The minimum atomic E-state index is 0. The Hall–Kier alpha value is 4.53. The molecule has 0 aliphatic carbocycles. The minimum Gasteiger partial charge on any atom is -0.226 e. The summed E-state index contributed by atoms with van der Waals surface area (Å²) in [5.74, 6) is 0. The van der Waals surface area contributed by atoms with Crippen LogP contribution in [0.2, 0.25) is 0 Å². The van der Waals surface area contributed by atoms with Crippen LogP contribution in [0.15, 0.2) is 255 Å². The van der Waals surface area contributed by atoms with Gasteiger partial charge in [0, 0.05) is 458 Å². The molecule has 0 aliphatic heterocycles. The van der Waals surface area contributed by atoms with Crippen LogP contribution in [-0.2, 0) is 458 Å². The van der Waals surface area contributed by atoms with Crippen LogP contribution in [-0.4, -0.2) is 0 Å². The van der Waals surface area contributed by atoms with E-state index in [9.17, 15) is 0 Å². The third-order valence-electron chi connectivity index (χ3n) is 15.5. The molecule has 0 saturated carbocycles. The maximum atomic E-state index is 3.36. The topological polar surface area (TPSA) is 0 Å². The molecule has 126 heavy (non-hydrogen) atoms. The number of benzene rings is 14. The average molecular weight is 2720 g/mol. The zero-order chi connectivity index (χ0) is 83.8. The number of hydrogen-bond acceptors (Lipinski definition) is 0. The van der Waals surface area contributed by atoms with Crippen molar-refractivity contribution in [1.29, 1.82) is 0 Å². The van der Waals surface area contributed by atoms with Gasteiger partial charge in [-0.25, -0.2) is 77.9 Å². The van der Waals surface area contributed by atoms with Gasteiger partial charge in [-0.3, -0.25) is 0 Å². The molecule has 0 aliphatic rings. The smallest absolute Gasteiger partial charge is 0 e. The monoisotopic (exact) mass is 2720 g/mol. The summed E-state index contributed by atoms with van der Waals surface area (Å²) < 4.78 is 0. The summed E-state index contributed by atoms with van der Waals surface area (Å²) in [6.07, 6.45) is 0. The molecular formula is C112H126Y14-14. The van der Waals surface area contributed by atoms with Gasteiger partial charge >= 0.3 is 0 Å². The van der Waals surface area contributed by atoms with Crippen LogP contribution < -0.4 is 0 Å². The van der Waals surface area contributed by atoms with E-state index in [1.807, 2.05) is 182 Å². The largest absolute Gasteiger partial charge is 0.226 e. The van der Waals surface area contributed by atoms with Crippen LogP contribution in [0.5, 0.6) is 0 Å². The molecule has 0 aromatic heterocycles. The van der Waals surface area contributed by atoms with E-state index in [1.165, 1.54) is 55.6 Å². The second-order valence-electron chi connectivity index (χ2n) is 24.5. The Bertz CT molecular complexity index is 4610. The molecule has 0 N–H and O–H groups in total. The fraction of sp³-hybridized carbons (Fsp3) is 0.250. The Morgan fingerprint density at radius 3 is 0.841 bits per heavy atom. The molecule has 630 valence electrons. The molecule has 0 spiro atoms. The molecule has 14 radical (unpaired) electrons. The van der Waals surface area contributed by atoms with Crippen molar-refractivity contribution in [3.8, 4) is 77.9 Å². The third-order valence-corrected chi connectivity index (χ3v) is 15.5. The standard InChI is InChI=1S/7C14H12.7C2H6.14Y/c2*1-11-5-3-7-13(9-11)14-8-4-6-12(2)10-14;1-11-6-5-8-13(10-11)14-9-4-3-7-12(14)2;1-11-6-8-13(9-7-11)14-5-3-4-12(2)10-14;1-11-8-12(2)10-14(9-11)13-6-4-3-5-7-13;1-11-8-9-14(12(2)10-11)13-6-4-3-5-7-13;1-11-8-9-12(2)14(10-11)13-6-4-3-5-7-13;7*1-2;;;;;;;;;;;;;;/h3-7,10H,1-2H3;3*3-8H,1-2H3;3-6,8-9H,1-2H3;3-6,8,10H,1-2H3;3-6,8-9H,1-2H3;7*1-2H3;;;;;;;;;;;;;;/q7*-2;;;;;;;;;;;;;;;;;;;;;. The average Bonchev–Trinajstić information content (AvgIpc) is 0.850. The van der Waals surface area contributed by atoms with Gasteiger partial charge in [0.05, 0.1) is 0 Å². The maximum absolute atomic E-state index is 3.36. The van der Waals surface area contributed by atoms with Crippen LogP contribution in [0.3, 0.4) is 0 Å². The predicted molar refractivity (Wildman–Crippen MR) is 493 cm³/mol. The Labute approximate surface area is 1120 Å². The van der Waals surface area contributed by atoms with E-state index < -0.39 is 0 Å². The molecule has 0 amide bonds. The van der Waals surface area contributed by atoms with E-state index in [1.54, 1.807) is 0 Å². The first-order chi connectivity index (χ1) is 54.3. The molecule has 0 heterocycles.